The average molecular weight is 326 g/mol. The number of carbonyl (C=O) groups excluding carboxylic acids is 1. The summed E-state index contributed by atoms with van der Waals surface area (Å²) in [7, 11) is 0. The Labute approximate surface area is 141 Å². The molecule has 2 aromatic rings. The van der Waals surface area contributed by atoms with Crippen LogP contribution in [-0.2, 0) is 16.6 Å². The molecule has 0 aliphatic heterocycles. The molecule has 0 heterocycles. The van der Waals surface area contributed by atoms with E-state index < -0.39 is 0 Å². The second-order valence-corrected chi connectivity index (χ2v) is 7.14. The van der Waals surface area contributed by atoms with Gasteiger partial charge in [-0.05, 0) is 60.9 Å². The summed E-state index contributed by atoms with van der Waals surface area (Å²) in [6.07, 6.45) is 5.13. The van der Waals surface area contributed by atoms with Gasteiger partial charge in [-0.25, -0.2) is 0 Å². The Morgan fingerprint density at radius 2 is 1.83 bits per heavy atom. The van der Waals surface area contributed by atoms with Crippen LogP contribution in [0.4, 0.5) is 0 Å². The molecule has 0 aromatic heterocycles. The van der Waals surface area contributed by atoms with E-state index in [0.29, 0.717) is 5.02 Å². The maximum absolute atomic E-state index is 12.9. The summed E-state index contributed by atoms with van der Waals surface area (Å²) in [5.41, 5.74) is 3.42. The van der Waals surface area contributed by atoms with Gasteiger partial charge in [-0.3, -0.25) is 4.79 Å². The topological polar surface area (TPSA) is 29.1 Å². The van der Waals surface area contributed by atoms with Gasteiger partial charge in [0.25, 0.3) is 0 Å². The maximum Gasteiger partial charge on any atom is 0.231 e. The highest BCUT2D eigenvalue weighted by Crippen LogP contribution is 2.49. The number of halogens is 1. The number of hydrogen-bond donors (Lipinski definition) is 1. The van der Waals surface area contributed by atoms with Gasteiger partial charge in [-0.15, -0.1) is 0 Å². The third-order valence-electron chi connectivity index (χ3n) is 5.26. The van der Waals surface area contributed by atoms with E-state index in [0.717, 1.165) is 37.7 Å². The van der Waals surface area contributed by atoms with Crippen molar-refractivity contribution in [2.75, 3.05) is 0 Å². The molecule has 1 saturated carbocycles. The predicted octanol–water partition coefficient (Wildman–Crippen LogP) is 4.57. The lowest BCUT2D eigenvalue weighted by molar-refractivity contribution is -0.124. The predicted molar refractivity (Wildman–Crippen MR) is 92.6 cm³/mol. The molecule has 1 N–H and O–H groups in total. The van der Waals surface area contributed by atoms with E-state index in [4.69, 9.17) is 11.6 Å². The Morgan fingerprint density at radius 1 is 1.09 bits per heavy atom. The molecule has 4 rings (SSSR count). The smallest absolute Gasteiger partial charge is 0.231 e. The minimum absolute atomic E-state index is 0.150. The Hall–Kier alpha value is -1.80. The standard InChI is InChI=1S/C20H20ClNO/c21-16-10-8-15(9-11-16)20(12-13-20)19(23)22-18-7-3-5-14-4-1-2-6-17(14)18/h1-2,4,6,8-11,18H,3,5,7,12-13H2,(H,22,23)/t18-/m0/s1. The molecule has 0 saturated heterocycles. The van der Waals surface area contributed by atoms with Crippen molar-refractivity contribution >= 4 is 17.5 Å². The number of carbonyl (C=O) groups is 1. The van der Waals surface area contributed by atoms with Crippen LogP contribution in [0, 0.1) is 0 Å². The van der Waals surface area contributed by atoms with Gasteiger partial charge in [-0.2, -0.15) is 0 Å². The van der Waals surface area contributed by atoms with Crippen molar-refractivity contribution < 1.29 is 4.79 Å². The van der Waals surface area contributed by atoms with Crippen LogP contribution < -0.4 is 5.32 Å². The molecule has 0 radical (unpaired) electrons. The van der Waals surface area contributed by atoms with Gasteiger partial charge in [0.15, 0.2) is 0 Å². The molecule has 1 amide bonds. The lowest BCUT2D eigenvalue weighted by atomic mass is 9.86. The van der Waals surface area contributed by atoms with Crippen molar-refractivity contribution in [1.29, 1.82) is 0 Å². The van der Waals surface area contributed by atoms with Gasteiger partial charge in [0.1, 0.15) is 0 Å². The Morgan fingerprint density at radius 3 is 2.57 bits per heavy atom. The second-order valence-electron chi connectivity index (χ2n) is 6.71. The first-order valence-corrected chi connectivity index (χ1v) is 8.72. The van der Waals surface area contributed by atoms with Crippen LogP contribution in [0.3, 0.4) is 0 Å². The van der Waals surface area contributed by atoms with Crippen LogP contribution in [-0.4, -0.2) is 5.91 Å². The number of fused-ring (bicyclic) bond motifs is 1. The molecule has 2 aromatic carbocycles. The van der Waals surface area contributed by atoms with Crippen molar-refractivity contribution in [3.63, 3.8) is 0 Å². The molecule has 2 aliphatic carbocycles. The first kappa shape index (κ1) is 14.8. The molecule has 1 atom stereocenters. The summed E-state index contributed by atoms with van der Waals surface area (Å²) in [5.74, 6) is 0.168. The maximum atomic E-state index is 12.9. The zero-order valence-corrected chi connectivity index (χ0v) is 13.8. The molecule has 2 nitrogen and oxygen atoms in total. The third-order valence-corrected chi connectivity index (χ3v) is 5.51. The number of rotatable bonds is 3. The molecule has 3 heteroatoms. The van der Waals surface area contributed by atoms with Crippen LogP contribution in [0.15, 0.2) is 48.5 Å². The van der Waals surface area contributed by atoms with E-state index in [2.05, 4.69) is 29.6 Å². The summed E-state index contributed by atoms with van der Waals surface area (Å²) in [6, 6.07) is 16.4. The highest BCUT2D eigenvalue weighted by molar-refractivity contribution is 6.30. The summed E-state index contributed by atoms with van der Waals surface area (Å²) < 4.78 is 0. The molecular weight excluding hydrogens is 306 g/mol. The van der Waals surface area contributed by atoms with E-state index in [9.17, 15) is 4.79 Å². The molecule has 2 aliphatic rings. The minimum Gasteiger partial charge on any atom is -0.349 e. The van der Waals surface area contributed by atoms with Crippen molar-refractivity contribution in [3.8, 4) is 0 Å². The number of benzene rings is 2. The molecule has 1 fully saturated rings. The molecule has 118 valence electrons. The SMILES string of the molecule is O=C(N[C@H]1CCCc2ccccc21)C1(c2ccc(Cl)cc2)CC1. The lowest BCUT2D eigenvalue weighted by Gasteiger charge is -2.28. The largest absolute Gasteiger partial charge is 0.349 e. The number of aryl methyl sites for hydroxylation is 1. The zero-order chi connectivity index (χ0) is 15.9. The van der Waals surface area contributed by atoms with Crippen LogP contribution in [0.2, 0.25) is 5.02 Å². The van der Waals surface area contributed by atoms with Crippen LogP contribution >= 0.6 is 11.6 Å². The van der Waals surface area contributed by atoms with Gasteiger partial charge >= 0.3 is 0 Å². The highest BCUT2D eigenvalue weighted by atomic mass is 35.5. The quantitative estimate of drug-likeness (QED) is 0.880. The van der Waals surface area contributed by atoms with Gasteiger partial charge in [0.2, 0.25) is 5.91 Å². The van der Waals surface area contributed by atoms with E-state index in [1.54, 1.807) is 0 Å². The minimum atomic E-state index is -0.336. The first-order chi connectivity index (χ1) is 11.2. The summed E-state index contributed by atoms with van der Waals surface area (Å²) in [5, 5.41) is 4.03. The van der Waals surface area contributed by atoms with Crippen molar-refractivity contribution in [1.82, 2.24) is 5.32 Å². The van der Waals surface area contributed by atoms with E-state index in [1.165, 1.54) is 11.1 Å². The summed E-state index contributed by atoms with van der Waals surface area (Å²) in [6.45, 7) is 0. The van der Waals surface area contributed by atoms with Crippen LogP contribution in [0.5, 0.6) is 0 Å². The molecule has 0 bridgehead atoms. The van der Waals surface area contributed by atoms with Crippen molar-refractivity contribution in [3.05, 3.63) is 70.2 Å². The van der Waals surface area contributed by atoms with Crippen molar-refractivity contribution in [2.45, 2.75) is 43.6 Å². The van der Waals surface area contributed by atoms with E-state index >= 15 is 0 Å². The number of nitrogens with one attached hydrogen (secondary N) is 1. The van der Waals surface area contributed by atoms with E-state index in [1.807, 2.05) is 24.3 Å². The fourth-order valence-electron chi connectivity index (χ4n) is 3.74. The highest BCUT2D eigenvalue weighted by Gasteiger charge is 2.51. The second kappa shape index (κ2) is 5.68. The Balaban J connectivity index is 1.56. The Kier molecular flexibility index (Phi) is 3.65. The summed E-state index contributed by atoms with van der Waals surface area (Å²) in [4.78, 5) is 12.9. The average Bonchev–Trinajstić information content (AvgIpc) is 3.38. The van der Waals surface area contributed by atoms with Crippen molar-refractivity contribution in [2.24, 2.45) is 0 Å². The van der Waals surface area contributed by atoms with Crippen LogP contribution in [0.1, 0.15) is 48.4 Å². The summed E-state index contributed by atoms with van der Waals surface area (Å²) >= 11 is 5.97. The lowest BCUT2D eigenvalue weighted by Crippen LogP contribution is -2.38. The fraction of sp³-hybridized carbons (Fsp3) is 0.350. The van der Waals surface area contributed by atoms with Crippen LogP contribution in [0.25, 0.3) is 0 Å². The zero-order valence-electron chi connectivity index (χ0n) is 13.0. The monoisotopic (exact) mass is 325 g/mol. The Bertz CT molecular complexity index is 734. The van der Waals surface area contributed by atoms with Gasteiger partial charge < -0.3 is 5.32 Å². The fourth-order valence-corrected chi connectivity index (χ4v) is 3.87. The van der Waals surface area contributed by atoms with Gasteiger partial charge in [0, 0.05) is 5.02 Å². The number of amides is 1. The normalized spacial score (nSPS) is 21.3. The first-order valence-electron chi connectivity index (χ1n) is 8.34. The molecular formula is C20H20ClNO. The molecule has 23 heavy (non-hydrogen) atoms. The third kappa shape index (κ3) is 2.66. The molecule has 0 spiro atoms. The van der Waals surface area contributed by atoms with E-state index in [-0.39, 0.29) is 17.4 Å². The number of hydrogen-bond acceptors (Lipinski definition) is 1. The molecule has 0 unspecified atom stereocenters. The van der Waals surface area contributed by atoms with Gasteiger partial charge in [-0.1, -0.05) is 48.0 Å². The van der Waals surface area contributed by atoms with Gasteiger partial charge in [0.05, 0.1) is 11.5 Å².